The van der Waals surface area contributed by atoms with Gasteiger partial charge in [-0.2, -0.15) is 0 Å². The van der Waals surface area contributed by atoms with Gasteiger partial charge in [0.15, 0.2) is 5.78 Å². The first-order valence-corrected chi connectivity index (χ1v) is 3.25. The Kier molecular flexibility index (Phi) is 5.96. The number of carbonyl (C=O) groups is 1. The standard InChI is InChI=1S/C7H4Cl2O/c8-5-1-3-7(10)4-2-6-9/h3-6H. The lowest BCUT2D eigenvalue weighted by molar-refractivity contribution is -0.110. The van der Waals surface area contributed by atoms with Gasteiger partial charge in [-0.15, -0.1) is 11.5 Å². The van der Waals surface area contributed by atoms with Gasteiger partial charge >= 0.3 is 0 Å². The fraction of sp³-hybridized carbons (Fsp3) is 0. The van der Waals surface area contributed by atoms with Crippen LogP contribution in [0, 0.1) is 0 Å². The highest BCUT2D eigenvalue weighted by molar-refractivity contribution is 6.25. The minimum absolute atomic E-state index is 0.256. The third kappa shape index (κ3) is 5.43. The summed E-state index contributed by atoms with van der Waals surface area (Å²) in [7, 11) is 0. The predicted molar refractivity (Wildman–Crippen MR) is 42.0 cm³/mol. The monoisotopic (exact) mass is 174 g/mol. The van der Waals surface area contributed by atoms with Gasteiger partial charge in [0.1, 0.15) is 0 Å². The van der Waals surface area contributed by atoms with E-state index >= 15 is 0 Å². The highest BCUT2D eigenvalue weighted by Crippen LogP contribution is 1.80. The van der Waals surface area contributed by atoms with Crippen molar-refractivity contribution in [3.63, 3.8) is 0 Å². The van der Waals surface area contributed by atoms with Crippen molar-refractivity contribution in [1.29, 1.82) is 0 Å². The molecule has 0 unspecified atom stereocenters. The Morgan fingerprint density at radius 1 is 1.10 bits per heavy atom. The summed E-state index contributed by atoms with van der Waals surface area (Å²) >= 11 is 10.2. The number of hydrogen-bond acceptors (Lipinski definition) is 1. The number of hydrogen-bond donors (Lipinski definition) is 0. The topological polar surface area (TPSA) is 17.1 Å². The van der Waals surface area contributed by atoms with Crippen LogP contribution in [0.5, 0.6) is 0 Å². The Labute approximate surface area is 68.9 Å². The van der Waals surface area contributed by atoms with Gasteiger partial charge in [0.2, 0.25) is 0 Å². The molecule has 3 heteroatoms. The molecule has 10 heavy (non-hydrogen) atoms. The van der Waals surface area contributed by atoms with Gasteiger partial charge in [-0.1, -0.05) is 23.2 Å². The fourth-order valence-electron chi connectivity index (χ4n) is 0.269. The van der Waals surface area contributed by atoms with Gasteiger partial charge in [0.25, 0.3) is 0 Å². The summed E-state index contributed by atoms with van der Waals surface area (Å²) in [5.74, 6) is -0.256. The van der Waals surface area contributed by atoms with E-state index in [2.05, 4.69) is 11.5 Å². The lowest BCUT2D eigenvalue weighted by Crippen LogP contribution is -1.80. The van der Waals surface area contributed by atoms with E-state index < -0.39 is 0 Å². The number of allylic oxidation sites excluding steroid dienone is 2. The normalized spacial score (nSPS) is 6.60. The van der Waals surface area contributed by atoms with E-state index in [0.29, 0.717) is 0 Å². The SMILES string of the molecule is O=C(C=C=CCl)C=C=CCl. The van der Waals surface area contributed by atoms with Gasteiger partial charge in [0, 0.05) is 23.2 Å². The Morgan fingerprint density at radius 2 is 1.50 bits per heavy atom. The van der Waals surface area contributed by atoms with Crippen molar-refractivity contribution >= 4 is 29.0 Å². The van der Waals surface area contributed by atoms with Crippen LogP contribution in [-0.4, -0.2) is 5.78 Å². The molecule has 0 rings (SSSR count). The van der Waals surface area contributed by atoms with E-state index in [1.807, 2.05) is 0 Å². The second-order valence-electron chi connectivity index (χ2n) is 1.24. The minimum atomic E-state index is -0.256. The lowest BCUT2D eigenvalue weighted by atomic mass is 10.4. The quantitative estimate of drug-likeness (QED) is 0.465. The maximum Gasteiger partial charge on any atom is 0.194 e. The molecular formula is C7H4Cl2O. The molecule has 0 aliphatic carbocycles. The molecule has 0 spiro atoms. The molecule has 0 fully saturated rings. The van der Waals surface area contributed by atoms with Gasteiger partial charge < -0.3 is 0 Å². The summed E-state index contributed by atoms with van der Waals surface area (Å²) < 4.78 is 0. The van der Waals surface area contributed by atoms with E-state index in [0.717, 1.165) is 11.1 Å². The zero-order valence-corrected chi connectivity index (χ0v) is 6.49. The van der Waals surface area contributed by atoms with Crippen LogP contribution in [-0.2, 0) is 4.79 Å². The molecule has 1 nitrogen and oxygen atoms in total. The first-order valence-electron chi connectivity index (χ1n) is 2.37. The maximum absolute atomic E-state index is 10.6. The largest absolute Gasteiger partial charge is 0.289 e. The van der Waals surface area contributed by atoms with Crippen molar-refractivity contribution in [3.05, 3.63) is 34.7 Å². The molecule has 0 aliphatic heterocycles. The third-order valence-electron chi connectivity index (χ3n) is 0.577. The van der Waals surface area contributed by atoms with Gasteiger partial charge in [0.05, 0.1) is 0 Å². The zero-order valence-electron chi connectivity index (χ0n) is 4.97. The summed E-state index contributed by atoms with van der Waals surface area (Å²) in [6.07, 6.45) is 2.36. The maximum atomic E-state index is 10.6. The van der Waals surface area contributed by atoms with Crippen molar-refractivity contribution in [2.24, 2.45) is 0 Å². The molecule has 0 aromatic carbocycles. The molecular weight excluding hydrogens is 171 g/mol. The number of ketones is 1. The molecule has 0 saturated heterocycles. The van der Waals surface area contributed by atoms with Crippen LogP contribution in [0.15, 0.2) is 34.7 Å². The van der Waals surface area contributed by atoms with Crippen LogP contribution >= 0.6 is 23.2 Å². The summed E-state index contributed by atoms with van der Waals surface area (Å²) in [5.41, 5.74) is 7.03. The summed E-state index contributed by atoms with van der Waals surface area (Å²) in [6, 6.07) is 0. The van der Waals surface area contributed by atoms with E-state index in [1.54, 1.807) is 0 Å². The molecule has 0 aromatic rings. The molecule has 0 heterocycles. The van der Waals surface area contributed by atoms with Crippen molar-refractivity contribution in [1.82, 2.24) is 0 Å². The van der Waals surface area contributed by atoms with E-state index in [4.69, 9.17) is 23.2 Å². The van der Waals surface area contributed by atoms with Crippen LogP contribution in [0.25, 0.3) is 0 Å². The summed E-state index contributed by atoms with van der Waals surface area (Å²) in [6.45, 7) is 0. The molecule has 0 aromatic heterocycles. The smallest absolute Gasteiger partial charge is 0.194 e. The first-order chi connectivity index (χ1) is 4.81. The molecule has 0 bridgehead atoms. The van der Waals surface area contributed by atoms with Crippen molar-refractivity contribution in [2.75, 3.05) is 0 Å². The molecule has 0 aliphatic rings. The fourth-order valence-corrected chi connectivity index (χ4v) is 0.395. The Hall–Kier alpha value is -0.710. The van der Waals surface area contributed by atoms with Gasteiger partial charge in [-0.25, -0.2) is 0 Å². The van der Waals surface area contributed by atoms with E-state index in [-0.39, 0.29) is 5.78 Å². The van der Waals surface area contributed by atoms with Crippen LogP contribution in [0.1, 0.15) is 0 Å². The van der Waals surface area contributed by atoms with Crippen LogP contribution in [0.4, 0.5) is 0 Å². The molecule has 0 N–H and O–H groups in total. The van der Waals surface area contributed by atoms with Gasteiger partial charge in [-0.3, -0.25) is 4.79 Å². The third-order valence-corrected chi connectivity index (χ3v) is 0.829. The summed E-state index contributed by atoms with van der Waals surface area (Å²) in [4.78, 5) is 10.6. The molecule has 52 valence electrons. The van der Waals surface area contributed by atoms with E-state index in [1.165, 1.54) is 12.2 Å². The van der Waals surface area contributed by atoms with E-state index in [9.17, 15) is 4.79 Å². The highest BCUT2D eigenvalue weighted by atomic mass is 35.5. The zero-order chi connectivity index (χ0) is 7.82. The first kappa shape index (κ1) is 9.29. The molecule has 0 atom stereocenters. The number of halogens is 2. The van der Waals surface area contributed by atoms with Crippen molar-refractivity contribution < 1.29 is 4.79 Å². The average Bonchev–Trinajstić information content (AvgIpc) is 1.97. The Bertz CT molecular complexity index is 204. The second-order valence-corrected chi connectivity index (χ2v) is 1.68. The number of rotatable bonds is 2. The lowest BCUT2D eigenvalue weighted by Gasteiger charge is -1.70. The van der Waals surface area contributed by atoms with Crippen molar-refractivity contribution in [2.45, 2.75) is 0 Å². The predicted octanol–water partition coefficient (Wildman–Crippen LogP) is 2.37. The summed E-state index contributed by atoms with van der Waals surface area (Å²) in [5, 5.41) is 0. The highest BCUT2D eigenvalue weighted by Gasteiger charge is 1.81. The van der Waals surface area contributed by atoms with Crippen LogP contribution in [0.2, 0.25) is 0 Å². The molecule has 0 saturated carbocycles. The average molecular weight is 175 g/mol. The van der Waals surface area contributed by atoms with Crippen LogP contribution < -0.4 is 0 Å². The molecule has 0 radical (unpaired) electrons. The van der Waals surface area contributed by atoms with Crippen LogP contribution in [0.3, 0.4) is 0 Å². The number of carbonyl (C=O) groups excluding carboxylic acids is 1. The second kappa shape index (κ2) is 6.41. The van der Waals surface area contributed by atoms with Gasteiger partial charge in [-0.05, 0) is 0 Å². The Balaban J connectivity index is 4.13. The van der Waals surface area contributed by atoms with Crippen molar-refractivity contribution in [3.8, 4) is 0 Å². The minimum Gasteiger partial charge on any atom is -0.289 e. The Morgan fingerprint density at radius 3 is 1.80 bits per heavy atom. The molecule has 0 amide bonds.